The number of hydrogen-bond donors (Lipinski definition) is 3. The molecule has 1 atom stereocenters. The molecule has 2 aromatic heterocycles. The minimum absolute atomic E-state index is 0.114. The summed E-state index contributed by atoms with van der Waals surface area (Å²) in [7, 11) is 0. The highest BCUT2D eigenvalue weighted by atomic mass is 16.2. The highest BCUT2D eigenvalue weighted by Crippen LogP contribution is 2.43. The van der Waals surface area contributed by atoms with E-state index in [-0.39, 0.29) is 30.8 Å². The molecule has 5 rings (SSSR count). The van der Waals surface area contributed by atoms with Crippen LogP contribution in [0.5, 0.6) is 0 Å². The number of pyridine rings is 2. The number of rotatable bonds is 7. The Bertz CT molecular complexity index is 1320. The smallest absolute Gasteiger partial charge is 0.245 e. The van der Waals surface area contributed by atoms with Crippen LogP contribution in [0, 0.1) is 0 Å². The SMILES string of the molecule is C=C1CC(c2cccnc2NC=O)C/C1=C/C(=C\C)NC(=O)CN1CN2CC(=O)Nc3nccc1c32. The van der Waals surface area contributed by atoms with E-state index >= 15 is 0 Å². The Hall–Kier alpha value is -4.47. The second-order valence-electron chi connectivity index (χ2n) is 8.99. The third-order valence-electron chi connectivity index (χ3n) is 6.64. The first-order valence-corrected chi connectivity index (χ1v) is 11.8. The Morgan fingerprint density at radius 2 is 2.14 bits per heavy atom. The maximum absolute atomic E-state index is 13.0. The normalized spacial score (nSPS) is 19.9. The fraction of sp³-hybridized carbons (Fsp3) is 0.269. The standard InChI is InChI=1S/C26H27N7O3/c1-3-19(11-17-10-18(9-16(17)2)20-5-4-7-27-25(20)29-14-34)30-22(35)12-32-15-33-13-23(36)31-26-24(33)21(32)6-8-28-26/h3-8,11,14,18H,2,9-10,12-13,15H2,1H3,(H,30,35)(H,27,29,34)(H,28,31,36)/b17-11-,19-3+. The summed E-state index contributed by atoms with van der Waals surface area (Å²) >= 11 is 0. The molecule has 4 heterocycles. The lowest BCUT2D eigenvalue weighted by Gasteiger charge is -2.24. The third-order valence-corrected chi connectivity index (χ3v) is 6.64. The van der Waals surface area contributed by atoms with Crippen molar-refractivity contribution >= 4 is 41.2 Å². The summed E-state index contributed by atoms with van der Waals surface area (Å²) in [4.78, 5) is 48.3. The van der Waals surface area contributed by atoms with Crippen molar-refractivity contribution in [1.82, 2.24) is 15.3 Å². The first kappa shape index (κ1) is 23.3. The van der Waals surface area contributed by atoms with Crippen molar-refractivity contribution in [3.63, 3.8) is 0 Å². The van der Waals surface area contributed by atoms with Gasteiger partial charge in [0.05, 0.1) is 25.4 Å². The molecule has 0 bridgehead atoms. The summed E-state index contributed by atoms with van der Waals surface area (Å²) in [5, 5.41) is 8.47. The molecule has 184 valence electrons. The molecule has 1 fully saturated rings. The minimum atomic E-state index is -0.158. The van der Waals surface area contributed by atoms with Gasteiger partial charge in [-0.2, -0.15) is 0 Å². The molecule has 0 spiro atoms. The van der Waals surface area contributed by atoms with E-state index in [2.05, 4.69) is 32.5 Å². The molecule has 1 unspecified atom stereocenters. The monoisotopic (exact) mass is 485 g/mol. The van der Waals surface area contributed by atoms with Crippen LogP contribution in [-0.4, -0.2) is 48.0 Å². The predicted octanol–water partition coefficient (Wildman–Crippen LogP) is 2.66. The van der Waals surface area contributed by atoms with Gasteiger partial charge in [-0.3, -0.25) is 14.4 Å². The second kappa shape index (κ2) is 9.65. The summed E-state index contributed by atoms with van der Waals surface area (Å²) in [5.74, 6) is 0.964. The first-order valence-electron chi connectivity index (χ1n) is 11.8. The van der Waals surface area contributed by atoms with E-state index in [9.17, 15) is 14.4 Å². The number of hydrogen-bond acceptors (Lipinski definition) is 7. The third kappa shape index (κ3) is 4.45. The number of carbonyl (C=O) groups excluding carboxylic acids is 3. The number of carbonyl (C=O) groups is 3. The van der Waals surface area contributed by atoms with Crippen molar-refractivity contribution in [3.8, 4) is 0 Å². The molecule has 3 amide bonds. The highest BCUT2D eigenvalue weighted by molar-refractivity contribution is 6.04. The summed E-state index contributed by atoms with van der Waals surface area (Å²) in [6.45, 7) is 6.93. The van der Waals surface area contributed by atoms with E-state index in [1.165, 1.54) is 0 Å². The number of allylic oxidation sites excluding steroid dienone is 4. The van der Waals surface area contributed by atoms with Crippen molar-refractivity contribution in [2.45, 2.75) is 25.7 Å². The van der Waals surface area contributed by atoms with Crippen LogP contribution in [0.1, 0.15) is 31.2 Å². The lowest BCUT2D eigenvalue weighted by atomic mass is 9.97. The van der Waals surface area contributed by atoms with Crippen LogP contribution in [0.2, 0.25) is 0 Å². The lowest BCUT2D eigenvalue weighted by Crippen LogP contribution is -2.42. The fourth-order valence-electron chi connectivity index (χ4n) is 5.03. The van der Waals surface area contributed by atoms with Crippen molar-refractivity contribution in [1.29, 1.82) is 0 Å². The summed E-state index contributed by atoms with van der Waals surface area (Å²) in [6, 6.07) is 5.68. The van der Waals surface area contributed by atoms with E-state index in [0.717, 1.165) is 40.9 Å². The van der Waals surface area contributed by atoms with E-state index in [4.69, 9.17) is 0 Å². The van der Waals surface area contributed by atoms with Crippen LogP contribution < -0.4 is 25.8 Å². The van der Waals surface area contributed by atoms with Gasteiger partial charge in [0.1, 0.15) is 11.5 Å². The van der Waals surface area contributed by atoms with Gasteiger partial charge >= 0.3 is 0 Å². The molecular formula is C26H27N7O3. The number of aromatic nitrogens is 2. The second-order valence-corrected chi connectivity index (χ2v) is 8.99. The zero-order valence-electron chi connectivity index (χ0n) is 20.0. The fourth-order valence-corrected chi connectivity index (χ4v) is 5.03. The average molecular weight is 486 g/mol. The minimum Gasteiger partial charge on any atom is -0.343 e. The molecule has 1 aliphatic carbocycles. The van der Waals surface area contributed by atoms with Crippen LogP contribution in [0.25, 0.3) is 0 Å². The molecule has 0 radical (unpaired) electrons. The quantitative estimate of drug-likeness (QED) is 0.516. The molecule has 10 heteroatoms. The molecule has 10 nitrogen and oxygen atoms in total. The lowest BCUT2D eigenvalue weighted by molar-refractivity contribution is -0.119. The van der Waals surface area contributed by atoms with Crippen molar-refractivity contribution in [3.05, 3.63) is 71.7 Å². The predicted molar refractivity (Wildman–Crippen MR) is 137 cm³/mol. The topological polar surface area (TPSA) is 120 Å². The Morgan fingerprint density at radius 1 is 1.28 bits per heavy atom. The molecule has 0 saturated heterocycles. The Morgan fingerprint density at radius 3 is 2.94 bits per heavy atom. The molecule has 2 aliphatic heterocycles. The van der Waals surface area contributed by atoms with Crippen LogP contribution in [0.4, 0.5) is 23.0 Å². The van der Waals surface area contributed by atoms with Gasteiger partial charge < -0.3 is 25.8 Å². The van der Waals surface area contributed by atoms with Crippen LogP contribution >= 0.6 is 0 Å². The molecule has 2 aromatic rings. The summed E-state index contributed by atoms with van der Waals surface area (Å²) < 4.78 is 0. The van der Waals surface area contributed by atoms with E-state index in [1.807, 2.05) is 47.1 Å². The van der Waals surface area contributed by atoms with Gasteiger partial charge in [0.15, 0.2) is 5.82 Å². The van der Waals surface area contributed by atoms with E-state index in [1.54, 1.807) is 12.4 Å². The Labute approximate surface area is 208 Å². The molecule has 3 aliphatic rings. The number of nitrogens with one attached hydrogen (secondary N) is 3. The summed E-state index contributed by atoms with van der Waals surface area (Å²) in [6.07, 6.45) is 9.22. The van der Waals surface area contributed by atoms with Crippen molar-refractivity contribution in [2.75, 3.05) is 40.2 Å². The number of anilines is 4. The highest BCUT2D eigenvalue weighted by Gasteiger charge is 2.35. The molecule has 0 aromatic carbocycles. The van der Waals surface area contributed by atoms with Crippen molar-refractivity contribution in [2.24, 2.45) is 0 Å². The zero-order chi connectivity index (χ0) is 25.2. The van der Waals surface area contributed by atoms with Gasteiger partial charge in [0, 0.05) is 18.1 Å². The zero-order valence-corrected chi connectivity index (χ0v) is 20.0. The van der Waals surface area contributed by atoms with Crippen LogP contribution in [-0.2, 0) is 14.4 Å². The van der Waals surface area contributed by atoms with Gasteiger partial charge in [-0.25, -0.2) is 9.97 Å². The van der Waals surface area contributed by atoms with Gasteiger partial charge in [-0.05, 0) is 55.0 Å². The number of amides is 3. The van der Waals surface area contributed by atoms with E-state index in [0.29, 0.717) is 30.4 Å². The maximum Gasteiger partial charge on any atom is 0.245 e. The van der Waals surface area contributed by atoms with Crippen molar-refractivity contribution < 1.29 is 14.4 Å². The summed E-state index contributed by atoms with van der Waals surface area (Å²) in [5.41, 5.74) is 5.44. The average Bonchev–Trinajstić information content (AvgIpc) is 3.39. The molecule has 36 heavy (non-hydrogen) atoms. The van der Waals surface area contributed by atoms with Gasteiger partial charge in [-0.1, -0.05) is 24.3 Å². The Kier molecular flexibility index (Phi) is 6.24. The maximum atomic E-state index is 13.0. The first-order chi connectivity index (χ1) is 17.5. The van der Waals surface area contributed by atoms with Gasteiger partial charge in [-0.15, -0.1) is 0 Å². The largest absolute Gasteiger partial charge is 0.343 e. The number of nitrogens with zero attached hydrogens (tertiary/aromatic N) is 4. The molecular weight excluding hydrogens is 458 g/mol. The van der Waals surface area contributed by atoms with E-state index < -0.39 is 0 Å². The molecule has 1 saturated carbocycles. The van der Waals surface area contributed by atoms with Crippen LogP contribution in [0.15, 0.2) is 66.2 Å². The van der Waals surface area contributed by atoms with Gasteiger partial charge in [0.2, 0.25) is 18.2 Å². The molecule has 3 N–H and O–H groups in total. The van der Waals surface area contributed by atoms with Crippen LogP contribution in [0.3, 0.4) is 0 Å². The van der Waals surface area contributed by atoms with Gasteiger partial charge in [0.25, 0.3) is 0 Å². The Balaban J connectivity index is 1.26.